The first kappa shape index (κ1) is 15.6. The van der Waals surface area contributed by atoms with Crippen LogP contribution in [0.1, 0.15) is 11.1 Å². The summed E-state index contributed by atoms with van der Waals surface area (Å²) in [5.74, 6) is 0.169. The zero-order valence-corrected chi connectivity index (χ0v) is 12.9. The highest BCUT2D eigenvalue weighted by molar-refractivity contribution is 5.83. The van der Waals surface area contributed by atoms with Gasteiger partial charge in [0.2, 0.25) is 0 Å². The van der Waals surface area contributed by atoms with E-state index in [2.05, 4.69) is 6.07 Å². The van der Waals surface area contributed by atoms with Crippen molar-refractivity contribution in [2.45, 2.75) is 6.61 Å². The fraction of sp³-hybridized carbons (Fsp3) is 0.100. The van der Waals surface area contributed by atoms with Crippen molar-refractivity contribution in [3.05, 3.63) is 77.9 Å². The van der Waals surface area contributed by atoms with Crippen molar-refractivity contribution in [3.63, 3.8) is 0 Å². The average molecular weight is 317 g/mol. The summed E-state index contributed by atoms with van der Waals surface area (Å²) in [4.78, 5) is 11.8. The van der Waals surface area contributed by atoms with Gasteiger partial charge in [0, 0.05) is 0 Å². The molecule has 4 heteroatoms. The van der Waals surface area contributed by atoms with Gasteiger partial charge in [-0.3, -0.25) is 0 Å². The molecule has 0 amide bonds. The van der Waals surface area contributed by atoms with Gasteiger partial charge in [-0.05, 0) is 40.6 Å². The van der Waals surface area contributed by atoms with Crippen LogP contribution in [0.2, 0.25) is 0 Å². The van der Waals surface area contributed by atoms with Gasteiger partial charge in [0.25, 0.3) is 0 Å². The zero-order chi connectivity index (χ0) is 16.8. The van der Waals surface area contributed by atoms with E-state index in [-0.39, 0.29) is 13.2 Å². The molecule has 0 aliphatic heterocycles. The standard InChI is InChI=1S/C20H15NO3/c21-12-15-4-3-5-16(10-15)13-24-20(22)14-23-19-9-8-17-6-1-2-7-18(17)11-19/h1-11H,13-14H2. The Morgan fingerprint density at radius 2 is 1.79 bits per heavy atom. The number of hydrogen-bond acceptors (Lipinski definition) is 4. The van der Waals surface area contributed by atoms with E-state index in [0.29, 0.717) is 11.3 Å². The van der Waals surface area contributed by atoms with Gasteiger partial charge in [0.1, 0.15) is 12.4 Å². The number of rotatable bonds is 5. The largest absolute Gasteiger partial charge is 0.482 e. The Labute approximate surface area is 139 Å². The second-order valence-corrected chi connectivity index (χ2v) is 5.27. The maximum atomic E-state index is 11.8. The van der Waals surface area contributed by atoms with Crippen LogP contribution in [0.4, 0.5) is 0 Å². The summed E-state index contributed by atoms with van der Waals surface area (Å²) in [7, 11) is 0. The average Bonchev–Trinajstić information content (AvgIpc) is 2.64. The molecule has 0 heterocycles. The highest BCUT2D eigenvalue weighted by Crippen LogP contribution is 2.20. The molecular weight excluding hydrogens is 302 g/mol. The molecule has 4 nitrogen and oxygen atoms in total. The molecular formula is C20H15NO3. The van der Waals surface area contributed by atoms with Gasteiger partial charge in [0.15, 0.2) is 6.61 Å². The molecule has 0 atom stereocenters. The minimum absolute atomic E-state index is 0.120. The lowest BCUT2D eigenvalue weighted by Gasteiger charge is -2.08. The smallest absolute Gasteiger partial charge is 0.344 e. The minimum atomic E-state index is -0.453. The van der Waals surface area contributed by atoms with E-state index < -0.39 is 5.97 Å². The Morgan fingerprint density at radius 3 is 2.62 bits per heavy atom. The normalized spacial score (nSPS) is 10.1. The maximum Gasteiger partial charge on any atom is 0.344 e. The number of benzene rings is 3. The minimum Gasteiger partial charge on any atom is -0.482 e. The van der Waals surface area contributed by atoms with E-state index in [4.69, 9.17) is 14.7 Å². The number of fused-ring (bicyclic) bond motifs is 1. The summed E-state index contributed by atoms with van der Waals surface area (Å²) < 4.78 is 10.6. The number of hydrogen-bond donors (Lipinski definition) is 0. The van der Waals surface area contributed by atoms with Crippen molar-refractivity contribution in [1.29, 1.82) is 5.26 Å². The Kier molecular flexibility index (Phi) is 4.73. The Morgan fingerprint density at radius 1 is 0.958 bits per heavy atom. The zero-order valence-electron chi connectivity index (χ0n) is 12.9. The summed E-state index contributed by atoms with van der Waals surface area (Å²) in [5, 5.41) is 11.0. The van der Waals surface area contributed by atoms with E-state index >= 15 is 0 Å². The van der Waals surface area contributed by atoms with E-state index in [1.54, 1.807) is 24.3 Å². The SMILES string of the molecule is N#Cc1cccc(COC(=O)COc2ccc3ccccc3c2)c1. The summed E-state index contributed by atoms with van der Waals surface area (Å²) in [5.41, 5.74) is 1.31. The number of nitrogens with zero attached hydrogens (tertiary/aromatic N) is 1. The van der Waals surface area contributed by atoms with E-state index in [1.807, 2.05) is 42.5 Å². The second-order valence-electron chi connectivity index (χ2n) is 5.27. The van der Waals surface area contributed by atoms with Crippen molar-refractivity contribution >= 4 is 16.7 Å². The second kappa shape index (κ2) is 7.30. The quantitative estimate of drug-likeness (QED) is 0.671. The molecule has 0 saturated carbocycles. The molecule has 118 valence electrons. The first-order chi connectivity index (χ1) is 11.7. The maximum absolute atomic E-state index is 11.8. The highest BCUT2D eigenvalue weighted by Gasteiger charge is 2.06. The van der Waals surface area contributed by atoms with Gasteiger partial charge >= 0.3 is 5.97 Å². The van der Waals surface area contributed by atoms with Gasteiger partial charge in [-0.2, -0.15) is 5.26 Å². The molecule has 0 aliphatic rings. The molecule has 0 unspecified atom stereocenters. The predicted molar refractivity (Wildman–Crippen MR) is 90.4 cm³/mol. The van der Waals surface area contributed by atoms with E-state index in [1.165, 1.54) is 0 Å². The van der Waals surface area contributed by atoms with Crippen LogP contribution in [0, 0.1) is 11.3 Å². The van der Waals surface area contributed by atoms with Crippen molar-refractivity contribution in [1.82, 2.24) is 0 Å². The fourth-order valence-electron chi connectivity index (χ4n) is 2.34. The summed E-state index contributed by atoms with van der Waals surface area (Å²) in [6, 6.07) is 22.6. The summed E-state index contributed by atoms with van der Waals surface area (Å²) in [6.07, 6.45) is 0. The Bertz CT molecular complexity index is 912. The van der Waals surface area contributed by atoms with Gasteiger partial charge in [0.05, 0.1) is 11.6 Å². The molecule has 24 heavy (non-hydrogen) atoms. The monoisotopic (exact) mass is 317 g/mol. The molecule has 0 aliphatic carbocycles. The molecule has 0 aromatic heterocycles. The lowest BCUT2D eigenvalue weighted by molar-refractivity contribution is -0.147. The van der Waals surface area contributed by atoms with Crippen molar-refractivity contribution < 1.29 is 14.3 Å². The molecule has 0 fully saturated rings. The molecule has 3 aromatic rings. The number of carbonyl (C=O) groups is 1. The molecule has 0 N–H and O–H groups in total. The topological polar surface area (TPSA) is 59.3 Å². The van der Waals surface area contributed by atoms with Crippen molar-refractivity contribution in [2.75, 3.05) is 6.61 Å². The van der Waals surface area contributed by atoms with E-state index in [9.17, 15) is 4.79 Å². The Hall–Kier alpha value is -3.32. The van der Waals surface area contributed by atoms with Crippen LogP contribution in [0.15, 0.2) is 66.7 Å². The number of esters is 1. The first-order valence-electron chi connectivity index (χ1n) is 7.51. The molecule has 0 saturated heterocycles. The molecule has 0 radical (unpaired) electrons. The molecule has 0 bridgehead atoms. The third-order valence-corrected chi connectivity index (χ3v) is 3.53. The van der Waals surface area contributed by atoms with Crippen LogP contribution in [0.25, 0.3) is 10.8 Å². The third-order valence-electron chi connectivity index (χ3n) is 3.53. The Balaban J connectivity index is 1.54. The summed E-state index contributed by atoms with van der Waals surface area (Å²) >= 11 is 0. The van der Waals surface area contributed by atoms with Crippen molar-refractivity contribution in [3.8, 4) is 11.8 Å². The van der Waals surface area contributed by atoms with Crippen LogP contribution in [0.5, 0.6) is 5.75 Å². The molecule has 3 rings (SSSR count). The van der Waals surface area contributed by atoms with Crippen LogP contribution >= 0.6 is 0 Å². The fourth-order valence-corrected chi connectivity index (χ4v) is 2.34. The van der Waals surface area contributed by atoms with Gasteiger partial charge < -0.3 is 9.47 Å². The number of ether oxygens (including phenoxy) is 2. The lowest BCUT2D eigenvalue weighted by atomic mass is 10.1. The van der Waals surface area contributed by atoms with E-state index in [0.717, 1.165) is 16.3 Å². The number of carbonyl (C=O) groups excluding carboxylic acids is 1. The molecule has 3 aromatic carbocycles. The van der Waals surface area contributed by atoms with Crippen LogP contribution in [0.3, 0.4) is 0 Å². The predicted octanol–water partition coefficient (Wildman–Crippen LogP) is 3.83. The summed E-state index contributed by atoms with van der Waals surface area (Å²) in [6.45, 7) is -0.0360. The number of nitriles is 1. The van der Waals surface area contributed by atoms with Crippen LogP contribution in [-0.4, -0.2) is 12.6 Å². The van der Waals surface area contributed by atoms with Crippen LogP contribution < -0.4 is 4.74 Å². The lowest BCUT2D eigenvalue weighted by Crippen LogP contribution is -2.14. The van der Waals surface area contributed by atoms with Gasteiger partial charge in [-0.25, -0.2) is 4.79 Å². The third kappa shape index (κ3) is 3.90. The molecule has 0 spiro atoms. The highest BCUT2D eigenvalue weighted by atomic mass is 16.6. The first-order valence-corrected chi connectivity index (χ1v) is 7.51. The van der Waals surface area contributed by atoms with Crippen LogP contribution in [-0.2, 0) is 16.1 Å². The van der Waals surface area contributed by atoms with Gasteiger partial charge in [-0.1, -0.05) is 42.5 Å². The van der Waals surface area contributed by atoms with Gasteiger partial charge in [-0.15, -0.1) is 0 Å². The van der Waals surface area contributed by atoms with Crippen molar-refractivity contribution in [2.24, 2.45) is 0 Å².